The highest BCUT2D eigenvalue weighted by Crippen LogP contribution is 2.19. The maximum absolute atomic E-state index is 12.4. The van der Waals surface area contributed by atoms with Gasteiger partial charge in [0.05, 0.1) is 16.5 Å². The Balaban J connectivity index is 1.67. The number of rotatable bonds is 6. The van der Waals surface area contributed by atoms with E-state index in [-0.39, 0.29) is 28.8 Å². The van der Waals surface area contributed by atoms with E-state index in [9.17, 15) is 13.2 Å². The first-order valence-electron chi connectivity index (χ1n) is 8.01. The van der Waals surface area contributed by atoms with Gasteiger partial charge in [-0.05, 0) is 30.3 Å². The molecule has 2 aromatic carbocycles. The Morgan fingerprint density at radius 2 is 1.70 bits per heavy atom. The Labute approximate surface area is 156 Å². The predicted molar refractivity (Wildman–Crippen MR) is 96.3 cm³/mol. The summed E-state index contributed by atoms with van der Waals surface area (Å²) in [5.41, 5.74) is 0.992. The minimum absolute atomic E-state index is 0.0824. The molecule has 0 aliphatic carbocycles. The Morgan fingerprint density at radius 3 is 2.44 bits per heavy atom. The normalized spacial score (nSPS) is 10.9. The SMILES string of the molecule is N#Cc1ccccc1COC(=O)c1ccc(CS(=O)(=O)c2ccccc2)o1. The van der Waals surface area contributed by atoms with Crippen molar-refractivity contribution in [2.45, 2.75) is 17.3 Å². The van der Waals surface area contributed by atoms with E-state index in [2.05, 4.69) is 0 Å². The van der Waals surface area contributed by atoms with Gasteiger partial charge in [0.1, 0.15) is 18.1 Å². The first kappa shape index (κ1) is 18.4. The molecule has 0 aliphatic heterocycles. The van der Waals surface area contributed by atoms with Crippen LogP contribution in [0.1, 0.15) is 27.4 Å². The third-order valence-electron chi connectivity index (χ3n) is 3.79. The fourth-order valence-electron chi connectivity index (χ4n) is 2.43. The summed E-state index contributed by atoms with van der Waals surface area (Å²) in [7, 11) is -3.57. The summed E-state index contributed by atoms with van der Waals surface area (Å²) in [5.74, 6) is -1.04. The predicted octanol–water partition coefficient (Wildman–Crippen LogP) is 3.48. The molecule has 6 nitrogen and oxygen atoms in total. The molecule has 27 heavy (non-hydrogen) atoms. The van der Waals surface area contributed by atoms with Crippen molar-refractivity contribution in [3.05, 3.63) is 89.4 Å². The van der Waals surface area contributed by atoms with Gasteiger partial charge in [-0.2, -0.15) is 5.26 Å². The molecular weight excluding hydrogens is 366 g/mol. The highest BCUT2D eigenvalue weighted by atomic mass is 32.2. The Bertz CT molecular complexity index is 1090. The van der Waals surface area contributed by atoms with E-state index in [0.717, 1.165) is 0 Å². The molecule has 3 aromatic rings. The van der Waals surface area contributed by atoms with Gasteiger partial charge in [0.2, 0.25) is 5.76 Å². The minimum atomic E-state index is -3.57. The molecule has 7 heteroatoms. The fraction of sp³-hybridized carbons (Fsp3) is 0.100. The van der Waals surface area contributed by atoms with Crippen molar-refractivity contribution in [2.24, 2.45) is 0 Å². The molecule has 0 atom stereocenters. The van der Waals surface area contributed by atoms with E-state index in [1.54, 1.807) is 42.5 Å². The van der Waals surface area contributed by atoms with Gasteiger partial charge in [-0.15, -0.1) is 0 Å². The van der Waals surface area contributed by atoms with Gasteiger partial charge in [0.15, 0.2) is 9.84 Å². The number of nitriles is 1. The van der Waals surface area contributed by atoms with Crippen molar-refractivity contribution in [3.63, 3.8) is 0 Å². The number of carbonyl (C=O) groups is 1. The molecule has 0 saturated heterocycles. The molecule has 0 aliphatic rings. The number of esters is 1. The molecule has 1 heterocycles. The molecule has 3 rings (SSSR count). The van der Waals surface area contributed by atoms with Crippen LogP contribution < -0.4 is 0 Å². The zero-order valence-electron chi connectivity index (χ0n) is 14.2. The van der Waals surface area contributed by atoms with E-state index in [4.69, 9.17) is 14.4 Å². The van der Waals surface area contributed by atoms with Crippen LogP contribution in [-0.4, -0.2) is 14.4 Å². The molecule has 136 valence electrons. The molecule has 1 aromatic heterocycles. The van der Waals surface area contributed by atoms with Crippen LogP contribution in [0.25, 0.3) is 0 Å². The van der Waals surface area contributed by atoms with Gasteiger partial charge in [-0.1, -0.05) is 36.4 Å². The second-order valence-corrected chi connectivity index (χ2v) is 7.67. The molecule has 0 radical (unpaired) electrons. The number of furan rings is 1. The molecule has 0 unspecified atom stereocenters. The van der Waals surface area contributed by atoms with Crippen LogP contribution in [0.3, 0.4) is 0 Å². The van der Waals surface area contributed by atoms with Gasteiger partial charge in [0.25, 0.3) is 0 Å². The number of hydrogen-bond acceptors (Lipinski definition) is 6. The minimum Gasteiger partial charge on any atom is -0.455 e. The number of hydrogen-bond donors (Lipinski definition) is 0. The summed E-state index contributed by atoms with van der Waals surface area (Å²) in [6, 6.07) is 19.6. The lowest BCUT2D eigenvalue weighted by molar-refractivity contribution is 0.0434. The quantitative estimate of drug-likeness (QED) is 0.606. The maximum Gasteiger partial charge on any atom is 0.374 e. The first-order chi connectivity index (χ1) is 13.0. The average molecular weight is 381 g/mol. The highest BCUT2D eigenvalue weighted by Gasteiger charge is 2.20. The van der Waals surface area contributed by atoms with Gasteiger partial charge in [-0.25, -0.2) is 13.2 Å². The number of ether oxygens (including phenoxy) is 1. The summed E-state index contributed by atoms with van der Waals surface area (Å²) < 4.78 is 35.2. The van der Waals surface area contributed by atoms with Crippen molar-refractivity contribution in [3.8, 4) is 6.07 Å². The van der Waals surface area contributed by atoms with Crippen LogP contribution in [0.2, 0.25) is 0 Å². The third-order valence-corrected chi connectivity index (χ3v) is 5.45. The number of nitrogens with zero attached hydrogens (tertiary/aromatic N) is 1. The molecule has 0 fully saturated rings. The van der Waals surface area contributed by atoms with Crippen molar-refractivity contribution in [2.75, 3.05) is 0 Å². The molecule has 0 N–H and O–H groups in total. The topological polar surface area (TPSA) is 97.4 Å². The van der Waals surface area contributed by atoms with E-state index in [0.29, 0.717) is 11.1 Å². The summed E-state index contributed by atoms with van der Waals surface area (Å²) in [5, 5.41) is 9.04. The van der Waals surface area contributed by atoms with Crippen LogP contribution in [0.5, 0.6) is 0 Å². The van der Waals surface area contributed by atoms with Crippen molar-refractivity contribution >= 4 is 15.8 Å². The molecule has 0 spiro atoms. The summed E-state index contributed by atoms with van der Waals surface area (Å²) in [6.07, 6.45) is 0. The zero-order chi connectivity index (χ0) is 19.3. The van der Waals surface area contributed by atoms with Crippen LogP contribution >= 0.6 is 0 Å². The zero-order valence-corrected chi connectivity index (χ0v) is 15.0. The highest BCUT2D eigenvalue weighted by molar-refractivity contribution is 7.90. The summed E-state index contributed by atoms with van der Waals surface area (Å²) >= 11 is 0. The van der Waals surface area contributed by atoms with Gasteiger partial charge >= 0.3 is 5.97 Å². The van der Waals surface area contributed by atoms with Crippen LogP contribution in [0, 0.1) is 11.3 Å². The maximum atomic E-state index is 12.4. The van der Waals surface area contributed by atoms with Crippen molar-refractivity contribution < 1.29 is 22.4 Å². The number of benzene rings is 2. The smallest absolute Gasteiger partial charge is 0.374 e. The molecule has 0 saturated carbocycles. The fourth-order valence-corrected chi connectivity index (χ4v) is 3.70. The van der Waals surface area contributed by atoms with Crippen molar-refractivity contribution in [1.82, 2.24) is 0 Å². The summed E-state index contributed by atoms with van der Waals surface area (Å²) in [4.78, 5) is 12.3. The number of carbonyl (C=O) groups excluding carboxylic acids is 1. The van der Waals surface area contributed by atoms with E-state index in [1.807, 2.05) is 6.07 Å². The van der Waals surface area contributed by atoms with Crippen LogP contribution in [0.4, 0.5) is 0 Å². The van der Waals surface area contributed by atoms with Gasteiger partial charge in [0, 0.05) is 5.56 Å². The average Bonchev–Trinajstić information content (AvgIpc) is 3.15. The van der Waals surface area contributed by atoms with Gasteiger partial charge in [-0.3, -0.25) is 0 Å². The largest absolute Gasteiger partial charge is 0.455 e. The number of sulfone groups is 1. The molecular formula is C20H15NO5S. The lowest BCUT2D eigenvalue weighted by atomic mass is 10.1. The second kappa shape index (κ2) is 7.89. The van der Waals surface area contributed by atoms with E-state index in [1.165, 1.54) is 24.3 Å². The van der Waals surface area contributed by atoms with E-state index < -0.39 is 15.8 Å². The Morgan fingerprint density at radius 1 is 1.00 bits per heavy atom. The molecule has 0 bridgehead atoms. The van der Waals surface area contributed by atoms with Crippen LogP contribution in [0.15, 0.2) is 76.0 Å². The Hall–Kier alpha value is -3.37. The van der Waals surface area contributed by atoms with Gasteiger partial charge < -0.3 is 9.15 Å². The first-order valence-corrected chi connectivity index (χ1v) is 9.66. The standard InChI is InChI=1S/C20H15NO5S/c21-12-15-6-4-5-7-16(15)13-25-20(22)19-11-10-17(26-19)14-27(23,24)18-8-2-1-3-9-18/h1-11H,13-14H2. The van der Waals surface area contributed by atoms with Crippen molar-refractivity contribution in [1.29, 1.82) is 5.26 Å². The third kappa shape index (κ3) is 4.43. The molecule has 0 amide bonds. The van der Waals surface area contributed by atoms with Crippen LogP contribution in [-0.2, 0) is 26.9 Å². The lowest BCUT2D eigenvalue weighted by Crippen LogP contribution is -2.06. The second-order valence-electron chi connectivity index (χ2n) is 5.68. The summed E-state index contributed by atoms with van der Waals surface area (Å²) in [6.45, 7) is -0.0824. The van der Waals surface area contributed by atoms with E-state index >= 15 is 0 Å². The lowest BCUT2D eigenvalue weighted by Gasteiger charge is -2.05. The monoisotopic (exact) mass is 381 g/mol. The Kier molecular flexibility index (Phi) is 5.38.